The Balaban J connectivity index is 1.32. The zero-order valence-electron chi connectivity index (χ0n) is 21.3. The number of piperidine rings is 1. The number of aliphatic hydroxyl groups excluding tert-OH is 1. The van der Waals surface area contributed by atoms with Gasteiger partial charge in [0, 0.05) is 41.8 Å². The minimum absolute atomic E-state index is 0.191. The average Bonchev–Trinajstić information content (AvgIpc) is 2.93. The first kappa shape index (κ1) is 27.3. The zero-order chi connectivity index (χ0) is 26.0. The number of hydrogen-bond acceptors (Lipinski definition) is 8. The summed E-state index contributed by atoms with van der Waals surface area (Å²) in [5, 5.41) is 21.3. The van der Waals surface area contributed by atoms with Crippen molar-refractivity contribution in [2.24, 2.45) is 11.8 Å². The molecule has 0 aliphatic carbocycles. The molecule has 1 aliphatic heterocycles. The van der Waals surface area contributed by atoms with Crippen LogP contribution in [0.1, 0.15) is 50.2 Å². The summed E-state index contributed by atoms with van der Waals surface area (Å²) in [5.74, 6) is 1.73. The Labute approximate surface area is 222 Å². The van der Waals surface area contributed by atoms with Crippen molar-refractivity contribution >= 4 is 28.6 Å². The quantitative estimate of drug-likeness (QED) is 0.240. The molecule has 3 heterocycles. The minimum atomic E-state index is -0.741. The van der Waals surface area contributed by atoms with Crippen LogP contribution in [0, 0.1) is 11.8 Å². The van der Waals surface area contributed by atoms with Crippen LogP contribution in [-0.4, -0.2) is 68.5 Å². The summed E-state index contributed by atoms with van der Waals surface area (Å²) in [6, 6.07) is 7.60. The van der Waals surface area contributed by atoms with Crippen molar-refractivity contribution < 1.29 is 19.7 Å². The zero-order valence-corrected chi connectivity index (χ0v) is 22.1. The fourth-order valence-corrected chi connectivity index (χ4v) is 6.08. The molecule has 2 aromatic heterocycles. The molecule has 0 bridgehead atoms. The predicted octanol–water partition coefficient (Wildman–Crippen LogP) is 4.83. The third kappa shape index (κ3) is 7.87. The minimum Gasteiger partial charge on any atom is -0.497 e. The topological polar surface area (TPSA) is 109 Å². The van der Waals surface area contributed by atoms with Gasteiger partial charge in [0.15, 0.2) is 0 Å². The van der Waals surface area contributed by atoms with Crippen molar-refractivity contribution in [1.82, 2.24) is 19.9 Å². The van der Waals surface area contributed by atoms with Crippen molar-refractivity contribution in [2.45, 2.75) is 49.5 Å². The molecule has 2 N–H and O–H groups in total. The van der Waals surface area contributed by atoms with Gasteiger partial charge in [-0.15, -0.1) is 11.8 Å². The van der Waals surface area contributed by atoms with E-state index >= 15 is 0 Å². The number of nitrogens with zero attached hydrogens (tertiary/aromatic N) is 4. The van der Waals surface area contributed by atoms with Crippen LogP contribution in [0.15, 0.2) is 54.1 Å². The number of aromatic nitrogens is 3. The second-order valence-electron chi connectivity index (χ2n) is 9.69. The smallest absolute Gasteiger partial charge is 0.303 e. The maximum absolute atomic E-state index is 11.3. The number of likely N-dealkylation sites (tertiary alicyclic amines) is 1. The van der Waals surface area contributed by atoms with E-state index in [2.05, 4.69) is 19.9 Å². The van der Waals surface area contributed by atoms with E-state index in [-0.39, 0.29) is 6.42 Å². The molecule has 9 heteroatoms. The standard InChI is InChI=1S/C28H36N4O4S/c1-36-22-5-6-26-25(15-22)24(9-11-31-26)27(33)7-3-20-10-13-32(18-21(20)4-8-28(34)35)12-2-14-37-23-16-29-19-30-17-23/h5-6,9,11,15-17,19-21,27,33H,2-4,7-8,10,12-14,18H2,1H3,(H,34,35)/t20?,21?,27-/m0/s1. The molecule has 3 atom stereocenters. The summed E-state index contributed by atoms with van der Waals surface area (Å²) in [6.45, 7) is 2.94. The van der Waals surface area contributed by atoms with E-state index in [0.717, 1.165) is 71.8 Å². The van der Waals surface area contributed by atoms with Gasteiger partial charge in [-0.05, 0) is 92.6 Å². The van der Waals surface area contributed by atoms with E-state index in [1.807, 2.05) is 36.7 Å². The van der Waals surface area contributed by atoms with Gasteiger partial charge in [-0.1, -0.05) is 0 Å². The number of hydrogen-bond donors (Lipinski definition) is 2. The highest BCUT2D eigenvalue weighted by Gasteiger charge is 2.30. The van der Waals surface area contributed by atoms with E-state index in [9.17, 15) is 15.0 Å². The summed E-state index contributed by atoms with van der Waals surface area (Å²) in [5.41, 5.74) is 1.70. The van der Waals surface area contributed by atoms with Gasteiger partial charge in [0.05, 0.1) is 18.7 Å². The summed E-state index contributed by atoms with van der Waals surface area (Å²) in [7, 11) is 1.63. The molecule has 37 heavy (non-hydrogen) atoms. The average molecular weight is 525 g/mol. The number of methoxy groups -OCH3 is 1. The Kier molecular flexibility index (Phi) is 10.1. The van der Waals surface area contributed by atoms with Crippen LogP contribution in [0.2, 0.25) is 0 Å². The van der Waals surface area contributed by atoms with E-state index < -0.39 is 12.1 Å². The molecule has 0 radical (unpaired) electrons. The number of benzene rings is 1. The first-order valence-electron chi connectivity index (χ1n) is 13.0. The summed E-state index contributed by atoms with van der Waals surface area (Å²) >= 11 is 1.77. The molecule has 198 valence electrons. The molecular formula is C28H36N4O4S. The van der Waals surface area contributed by atoms with Crippen molar-refractivity contribution in [3.8, 4) is 5.75 Å². The number of aliphatic carboxylic acids is 1. The molecule has 8 nitrogen and oxygen atoms in total. The lowest BCUT2D eigenvalue weighted by Crippen LogP contribution is -2.41. The SMILES string of the molecule is COc1ccc2nccc([C@@H](O)CCC3CCN(CCCSc4cncnc4)CC3CCC(=O)O)c2c1. The third-order valence-electron chi connectivity index (χ3n) is 7.28. The van der Waals surface area contributed by atoms with Crippen molar-refractivity contribution in [2.75, 3.05) is 32.5 Å². The lowest BCUT2D eigenvalue weighted by atomic mass is 9.79. The number of pyridine rings is 1. The van der Waals surface area contributed by atoms with Gasteiger partial charge < -0.3 is 19.8 Å². The van der Waals surface area contributed by atoms with Gasteiger partial charge >= 0.3 is 5.97 Å². The number of carbonyl (C=O) groups is 1. The molecule has 0 saturated carbocycles. The number of aliphatic hydroxyl groups is 1. The van der Waals surface area contributed by atoms with Crippen molar-refractivity contribution in [3.05, 3.63) is 54.7 Å². The number of ether oxygens (including phenoxy) is 1. The van der Waals surface area contributed by atoms with Gasteiger partial charge in [0.25, 0.3) is 0 Å². The Morgan fingerprint density at radius 2 is 2.05 bits per heavy atom. The number of rotatable bonds is 13. The lowest BCUT2D eigenvalue weighted by molar-refractivity contribution is -0.137. The third-order valence-corrected chi connectivity index (χ3v) is 8.32. The molecule has 1 aliphatic rings. The van der Waals surface area contributed by atoms with Gasteiger partial charge in [0.1, 0.15) is 12.1 Å². The number of carboxylic acids is 1. The van der Waals surface area contributed by atoms with Crippen molar-refractivity contribution in [3.63, 3.8) is 0 Å². The fraction of sp³-hybridized carbons (Fsp3) is 0.500. The number of carboxylic acid groups (broad SMARTS) is 1. The van der Waals surface area contributed by atoms with Crippen LogP contribution in [0.5, 0.6) is 5.75 Å². The Hall–Kier alpha value is -2.75. The Morgan fingerprint density at radius 3 is 2.84 bits per heavy atom. The maximum atomic E-state index is 11.3. The summed E-state index contributed by atoms with van der Waals surface area (Å²) < 4.78 is 5.37. The Bertz CT molecular complexity index is 1150. The highest BCUT2D eigenvalue weighted by molar-refractivity contribution is 7.99. The monoisotopic (exact) mass is 524 g/mol. The first-order chi connectivity index (χ1) is 18.0. The van der Waals surface area contributed by atoms with Gasteiger partial charge in [0.2, 0.25) is 0 Å². The second-order valence-corrected chi connectivity index (χ2v) is 10.9. The highest BCUT2D eigenvalue weighted by Crippen LogP contribution is 2.35. The largest absolute Gasteiger partial charge is 0.497 e. The molecule has 0 spiro atoms. The van der Waals surface area contributed by atoms with E-state index in [0.29, 0.717) is 24.7 Å². The van der Waals surface area contributed by atoms with Crippen LogP contribution in [0.3, 0.4) is 0 Å². The van der Waals surface area contributed by atoms with Crippen molar-refractivity contribution in [1.29, 1.82) is 0 Å². The molecule has 3 aromatic rings. The van der Waals surface area contributed by atoms with Gasteiger partial charge in [-0.25, -0.2) is 9.97 Å². The summed E-state index contributed by atoms with van der Waals surface area (Å²) in [4.78, 5) is 27.4. The van der Waals surface area contributed by atoms with Crippen LogP contribution in [0.4, 0.5) is 0 Å². The molecule has 0 amide bonds. The molecule has 2 unspecified atom stereocenters. The number of fused-ring (bicyclic) bond motifs is 1. The maximum Gasteiger partial charge on any atom is 0.303 e. The first-order valence-corrected chi connectivity index (χ1v) is 13.9. The Morgan fingerprint density at radius 1 is 1.22 bits per heavy atom. The lowest BCUT2D eigenvalue weighted by Gasteiger charge is -2.39. The van der Waals surface area contributed by atoms with Crippen LogP contribution < -0.4 is 4.74 Å². The van der Waals surface area contributed by atoms with Crippen LogP contribution in [0.25, 0.3) is 10.9 Å². The molecule has 1 aromatic carbocycles. The highest BCUT2D eigenvalue weighted by atomic mass is 32.2. The second kappa shape index (κ2) is 13.7. The van der Waals surface area contributed by atoms with Gasteiger partial charge in [-0.3, -0.25) is 9.78 Å². The fourth-order valence-electron chi connectivity index (χ4n) is 5.30. The van der Waals surface area contributed by atoms with Crippen LogP contribution >= 0.6 is 11.8 Å². The molecule has 1 saturated heterocycles. The van der Waals surface area contributed by atoms with Crippen LogP contribution in [-0.2, 0) is 4.79 Å². The van der Waals surface area contributed by atoms with E-state index in [4.69, 9.17) is 4.74 Å². The molecule has 4 rings (SSSR count). The van der Waals surface area contributed by atoms with Gasteiger partial charge in [-0.2, -0.15) is 0 Å². The summed E-state index contributed by atoms with van der Waals surface area (Å²) in [6.07, 6.45) is 10.8. The van der Waals surface area contributed by atoms with E-state index in [1.54, 1.807) is 31.4 Å². The molecule has 1 fully saturated rings. The number of thioether (sulfide) groups is 1. The molecular weight excluding hydrogens is 488 g/mol. The van der Waals surface area contributed by atoms with E-state index in [1.165, 1.54) is 0 Å². The predicted molar refractivity (Wildman–Crippen MR) is 145 cm³/mol. The normalized spacial score (nSPS) is 19.1.